The zero-order valence-corrected chi connectivity index (χ0v) is 12.4. The van der Waals surface area contributed by atoms with Crippen molar-refractivity contribution >= 4 is 11.8 Å². The number of rotatable bonds is 6. The monoisotopic (exact) mass is 283 g/mol. The van der Waals surface area contributed by atoms with Crippen LogP contribution in [0.5, 0.6) is 0 Å². The van der Waals surface area contributed by atoms with Gasteiger partial charge in [-0.05, 0) is 38.4 Å². The number of ether oxygens (including phenoxy) is 1. The number of benzene rings is 1. The first-order chi connectivity index (χ1) is 9.22. The first-order valence-electron chi connectivity index (χ1n) is 6.98. The molecular weight excluding hydrogens is 261 g/mol. The predicted octanol–water partition coefficient (Wildman–Crippen LogP) is 3.77. The lowest BCUT2D eigenvalue weighted by Gasteiger charge is -2.18. The number of hydrogen-bond donors (Lipinski definition) is 1. The summed E-state index contributed by atoms with van der Waals surface area (Å²) in [6.45, 7) is 5.76. The Kier molecular flexibility index (Phi) is 5.67. The standard InChI is InChI=1S/C15H22FNOS/c1-3-17-11(2)15-13(16)7-4-8-14(15)19-10-12-6-5-9-18-12/h4,7-8,11-12,17H,3,5-6,9-10H2,1-2H3. The van der Waals surface area contributed by atoms with Crippen LogP contribution < -0.4 is 5.32 Å². The summed E-state index contributed by atoms with van der Waals surface area (Å²) in [5.74, 6) is 0.792. The second kappa shape index (κ2) is 7.27. The predicted molar refractivity (Wildman–Crippen MR) is 78.2 cm³/mol. The molecule has 0 radical (unpaired) electrons. The molecule has 0 aliphatic carbocycles. The lowest BCUT2D eigenvalue weighted by molar-refractivity contribution is 0.129. The third-order valence-corrected chi connectivity index (χ3v) is 4.61. The fourth-order valence-corrected chi connectivity index (χ4v) is 3.66. The van der Waals surface area contributed by atoms with E-state index in [1.807, 2.05) is 19.9 Å². The Balaban J connectivity index is 2.07. The van der Waals surface area contributed by atoms with Crippen LogP contribution in [0.3, 0.4) is 0 Å². The molecule has 2 unspecified atom stereocenters. The molecule has 0 bridgehead atoms. The van der Waals surface area contributed by atoms with E-state index in [2.05, 4.69) is 5.32 Å². The Bertz CT molecular complexity index is 407. The minimum absolute atomic E-state index is 0.0400. The largest absolute Gasteiger partial charge is 0.377 e. The van der Waals surface area contributed by atoms with E-state index in [1.54, 1.807) is 23.9 Å². The summed E-state index contributed by atoms with van der Waals surface area (Å²) < 4.78 is 19.7. The van der Waals surface area contributed by atoms with Crippen molar-refractivity contribution in [2.75, 3.05) is 18.9 Å². The van der Waals surface area contributed by atoms with Crippen LogP contribution >= 0.6 is 11.8 Å². The van der Waals surface area contributed by atoms with Crippen LogP contribution in [0.25, 0.3) is 0 Å². The van der Waals surface area contributed by atoms with Gasteiger partial charge in [-0.1, -0.05) is 13.0 Å². The summed E-state index contributed by atoms with van der Waals surface area (Å²) in [6, 6.07) is 5.37. The highest BCUT2D eigenvalue weighted by Crippen LogP contribution is 2.31. The van der Waals surface area contributed by atoms with Gasteiger partial charge in [0, 0.05) is 28.9 Å². The number of nitrogens with one attached hydrogen (secondary N) is 1. The quantitative estimate of drug-likeness (QED) is 0.803. The van der Waals surface area contributed by atoms with E-state index in [4.69, 9.17) is 4.74 Å². The first-order valence-corrected chi connectivity index (χ1v) is 7.97. The van der Waals surface area contributed by atoms with Crippen molar-refractivity contribution in [1.29, 1.82) is 0 Å². The average Bonchev–Trinajstić information content (AvgIpc) is 2.89. The smallest absolute Gasteiger partial charge is 0.129 e. The fourth-order valence-electron chi connectivity index (χ4n) is 2.43. The molecule has 1 fully saturated rings. The SMILES string of the molecule is CCNC(C)c1c(F)cccc1SCC1CCCO1. The molecule has 1 saturated heterocycles. The third-order valence-electron chi connectivity index (χ3n) is 3.40. The van der Waals surface area contributed by atoms with Crippen molar-refractivity contribution < 1.29 is 9.13 Å². The molecule has 0 spiro atoms. The summed E-state index contributed by atoms with van der Waals surface area (Å²) >= 11 is 1.71. The van der Waals surface area contributed by atoms with Gasteiger partial charge in [0.15, 0.2) is 0 Å². The van der Waals surface area contributed by atoms with Gasteiger partial charge in [-0.15, -0.1) is 11.8 Å². The van der Waals surface area contributed by atoms with E-state index in [0.717, 1.165) is 42.2 Å². The lowest BCUT2D eigenvalue weighted by Crippen LogP contribution is -2.20. The molecule has 1 aromatic rings. The van der Waals surface area contributed by atoms with E-state index in [-0.39, 0.29) is 11.9 Å². The van der Waals surface area contributed by atoms with Crippen molar-refractivity contribution in [3.63, 3.8) is 0 Å². The van der Waals surface area contributed by atoms with Crippen molar-refractivity contribution in [2.45, 2.75) is 43.7 Å². The molecule has 2 atom stereocenters. The van der Waals surface area contributed by atoms with Gasteiger partial charge in [-0.2, -0.15) is 0 Å². The summed E-state index contributed by atoms with van der Waals surface area (Å²) in [7, 11) is 0. The molecule has 2 nitrogen and oxygen atoms in total. The second-order valence-corrected chi connectivity index (χ2v) is 5.94. The highest BCUT2D eigenvalue weighted by molar-refractivity contribution is 7.99. The van der Waals surface area contributed by atoms with Crippen LogP contribution in [-0.2, 0) is 4.74 Å². The van der Waals surface area contributed by atoms with Gasteiger partial charge in [-0.25, -0.2) is 4.39 Å². The van der Waals surface area contributed by atoms with Gasteiger partial charge >= 0.3 is 0 Å². The number of halogens is 1. The average molecular weight is 283 g/mol. The van der Waals surface area contributed by atoms with Gasteiger partial charge < -0.3 is 10.1 Å². The Hall–Kier alpha value is -0.580. The first kappa shape index (κ1) is 14.8. The van der Waals surface area contributed by atoms with Crippen molar-refractivity contribution in [1.82, 2.24) is 5.32 Å². The van der Waals surface area contributed by atoms with Gasteiger partial charge in [0.05, 0.1) is 6.10 Å². The minimum atomic E-state index is -0.120. The third kappa shape index (κ3) is 3.94. The summed E-state index contributed by atoms with van der Waals surface area (Å²) in [4.78, 5) is 1.03. The van der Waals surface area contributed by atoms with E-state index < -0.39 is 0 Å². The van der Waals surface area contributed by atoms with Gasteiger partial charge in [0.25, 0.3) is 0 Å². The maximum absolute atomic E-state index is 14.0. The maximum Gasteiger partial charge on any atom is 0.129 e. The zero-order chi connectivity index (χ0) is 13.7. The summed E-state index contributed by atoms with van der Waals surface area (Å²) in [5.41, 5.74) is 0.785. The number of thioether (sulfide) groups is 1. The second-order valence-electron chi connectivity index (χ2n) is 4.88. The Morgan fingerprint density at radius 2 is 2.37 bits per heavy atom. The normalized spacial score (nSPS) is 20.7. The molecular formula is C15H22FNOS. The van der Waals surface area contributed by atoms with Gasteiger partial charge in [0.1, 0.15) is 5.82 Å². The molecule has 1 N–H and O–H groups in total. The zero-order valence-electron chi connectivity index (χ0n) is 11.6. The van der Waals surface area contributed by atoms with Crippen LogP contribution in [0, 0.1) is 5.82 Å². The molecule has 0 amide bonds. The molecule has 1 aliphatic rings. The molecule has 19 heavy (non-hydrogen) atoms. The van der Waals surface area contributed by atoms with Crippen LogP contribution in [0.4, 0.5) is 4.39 Å². The highest BCUT2D eigenvalue weighted by Gasteiger charge is 2.19. The van der Waals surface area contributed by atoms with Crippen molar-refractivity contribution in [3.05, 3.63) is 29.6 Å². The highest BCUT2D eigenvalue weighted by atomic mass is 32.2. The van der Waals surface area contributed by atoms with Crippen LogP contribution in [0.15, 0.2) is 23.1 Å². The van der Waals surface area contributed by atoms with Crippen LogP contribution in [0.2, 0.25) is 0 Å². The van der Waals surface area contributed by atoms with E-state index in [0.29, 0.717) is 6.10 Å². The molecule has 1 aliphatic heterocycles. The molecule has 0 aromatic heterocycles. The minimum Gasteiger partial charge on any atom is -0.377 e. The molecule has 106 valence electrons. The fraction of sp³-hybridized carbons (Fsp3) is 0.600. The topological polar surface area (TPSA) is 21.3 Å². The summed E-state index contributed by atoms with van der Waals surface area (Å²) in [5, 5.41) is 3.29. The van der Waals surface area contributed by atoms with Crippen LogP contribution in [0.1, 0.15) is 38.3 Å². The van der Waals surface area contributed by atoms with E-state index >= 15 is 0 Å². The molecule has 2 rings (SSSR count). The van der Waals surface area contributed by atoms with Crippen molar-refractivity contribution in [3.8, 4) is 0 Å². The molecule has 0 saturated carbocycles. The Labute approximate surface area is 119 Å². The van der Waals surface area contributed by atoms with E-state index in [9.17, 15) is 4.39 Å². The Morgan fingerprint density at radius 1 is 1.53 bits per heavy atom. The molecule has 4 heteroatoms. The van der Waals surface area contributed by atoms with Gasteiger partial charge in [0.2, 0.25) is 0 Å². The molecule has 1 aromatic carbocycles. The molecule has 1 heterocycles. The summed E-state index contributed by atoms with van der Waals surface area (Å²) in [6.07, 6.45) is 2.60. The van der Waals surface area contributed by atoms with Crippen molar-refractivity contribution in [2.24, 2.45) is 0 Å². The lowest BCUT2D eigenvalue weighted by atomic mass is 10.1. The number of hydrogen-bond acceptors (Lipinski definition) is 3. The van der Waals surface area contributed by atoms with Gasteiger partial charge in [-0.3, -0.25) is 0 Å². The Morgan fingerprint density at radius 3 is 3.05 bits per heavy atom. The maximum atomic E-state index is 14.0. The van der Waals surface area contributed by atoms with E-state index in [1.165, 1.54) is 0 Å². The van der Waals surface area contributed by atoms with Crippen LogP contribution in [-0.4, -0.2) is 25.0 Å².